The number of benzene rings is 5. The largest absolute Gasteiger partial charge is 0.405 e. The lowest BCUT2D eigenvalue weighted by molar-refractivity contribution is 0.732. The summed E-state index contributed by atoms with van der Waals surface area (Å²) in [6.45, 7) is 2.24. The van der Waals surface area contributed by atoms with Crippen molar-refractivity contribution in [2.24, 2.45) is 5.73 Å². The van der Waals surface area contributed by atoms with Crippen molar-refractivity contribution < 1.29 is 0 Å². The Hall–Kier alpha value is -7.24. The minimum absolute atomic E-state index is 0.484. The van der Waals surface area contributed by atoms with Crippen LogP contribution in [-0.4, -0.2) is 19.1 Å². The third-order valence-electron chi connectivity index (χ3n) is 12.3. The fourth-order valence-electron chi connectivity index (χ4n) is 9.87. The summed E-state index contributed by atoms with van der Waals surface area (Å²) >= 11 is 0. The number of para-hydroxylation sites is 2. The highest BCUT2D eigenvalue weighted by Gasteiger charge is 2.47. The van der Waals surface area contributed by atoms with E-state index in [1.807, 2.05) is 30.9 Å². The molecule has 2 aliphatic carbocycles. The van der Waals surface area contributed by atoms with E-state index in [9.17, 15) is 0 Å². The van der Waals surface area contributed by atoms with E-state index < -0.39 is 5.41 Å². The molecule has 0 aliphatic heterocycles. The van der Waals surface area contributed by atoms with E-state index in [1.54, 1.807) is 6.20 Å². The average Bonchev–Trinajstić information content (AvgIpc) is 3.89. The molecule has 0 amide bonds. The smallest absolute Gasteiger partial charge is 0.0724 e. The monoisotopic (exact) mass is 733 g/mol. The number of nitrogens with zero attached hydrogens (tertiary/aromatic N) is 4. The number of allylic oxidation sites excluding steroid dienone is 7. The van der Waals surface area contributed by atoms with Crippen LogP contribution in [0.5, 0.6) is 0 Å². The molecule has 2 aliphatic rings. The van der Waals surface area contributed by atoms with Gasteiger partial charge in [-0.25, -0.2) is 0 Å². The first kappa shape index (κ1) is 33.1. The van der Waals surface area contributed by atoms with Gasteiger partial charge in [0, 0.05) is 51.5 Å². The van der Waals surface area contributed by atoms with Crippen LogP contribution in [0, 0.1) is 0 Å². The molecule has 11 rings (SSSR count). The van der Waals surface area contributed by atoms with Crippen molar-refractivity contribution in [2.45, 2.75) is 25.2 Å². The Morgan fingerprint density at radius 3 is 1.98 bits per heavy atom. The molecule has 0 saturated carbocycles. The number of fused-ring (bicyclic) bond motifs is 8. The lowest BCUT2D eigenvalue weighted by Gasteiger charge is -2.35. The van der Waals surface area contributed by atoms with Gasteiger partial charge in [0.2, 0.25) is 0 Å². The normalized spacial score (nSPS) is 16.8. The highest BCUT2D eigenvalue weighted by atomic mass is 15.0. The van der Waals surface area contributed by atoms with E-state index >= 15 is 0 Å². The fraction of sp³-hybridized carbons (Fsp3) is 0.0769. The molecule has 4 aromatic heterocycles. The maximum absolute atomic E-state index is 5.91. The van der Waals surface area contributed by atoms with Crippen LogP contribution in [0.25, 0.3) is 71.7 Å². The number of aromatic nitrogens is 4. The van der Waals surface area contributed by atoms with E-state index in [2.05, 4.69) is 172 Å². The maximum Gasteiger partial charge on any atom is 0.0724 e. The Labute approximate surface area is 331 Å². The number of hydrogen-bond acceptors (Lipinski definition) is 3. The van der Waals surface area contributed by atoms with E-state index in [4.69, 9.17) is 5.73 Å². The van der Waals surface area contributed by atoms with E-state index in [0.717, 1.165) is 29.7 Å². The zero-order chi connectivity index (χ0) is 38.1. The van der Waals surface area contributed by atoms with Crippen LogP contribution >= 0.6 is 0 Å². The molecule has 0 radical (unpaired) electrons. The predicted molar refractivity (Wildman–Crippen MR) is 236 cm³/mol. The molecule has 4 heterocycles. The molecule has 5 nitrogen and oxygen atoms in total. The topological polar surface area (TPSA) is 61.7 Å². The van der Waals surface area contributed by atoms with Gasteiger partial charge in [-0.05, 0) is 132 Å². The van der Waals surface area contributed by atoms with Gasteiger partial charge in [0.15, 0.2) is 0 Å². The molecule has 0 fully saturated rings. The highest BCUT2D eigenvalue weighted by molar-refractivity contribution is 6.12. The molecular weight excluding hydrogens is 695 g/mol. The second kappa shape index (κ2) is 12.9. The summed E-state index contributed by atoms with van der Waals surface area (Å²) < 4.78 is 4.75. The Balaban J connectivity index is 1.04. The zero-order valence-corrected chi connectivity index (χ0v) is 31.6. The summed E-state index contributed by atoms with van der Waals surface area (Å²) in [4.78, 5) is 9.10. The highest BCUT2D eigenvalue weighted by Crippen LogP contribution is 2.58. The summed E-state index contributed by atoms with van der Waals surface area (Å²) in [5.41, 5.74) is 22.5. The van der Waals surface area contributed by atoms with Gasteiger partial charge in [0.05, 0.1) is 33.7 Å². The van der Waals surface area contributed by atoms with Gasteiger partial charge in [-0.1, -0.05) is 90.5 Å². The van der Waals surface area contributed by atoms with Gasteiger partial charge in [-0.3, -0.25) is 9.97 Å². The Bertz CT molecular complexity index is 3120. The van der Waals surface area contributed by atoms with Gasteiger partial charge in [-0.2, -0.15) is 0 Å². The van der Waals surface area contributed by atoms with Crippen molar-refractivity contribution in [3.05, 3.63) is 211 Å². The SMILES string of the molecule is C/C(=C\C=C/N)C1(c2cccnc2)C2=C(CCC=C2)c2cc3c(cc21)c1ccccc1n3-c1ccc(-c2ccc(-n3c4ccccc4c4ccncc43)cc2)cc1. The summed E-state index contributed by atoms with van der Waals surface area (Å²) in [6, 6.07) is 46.6. The Morgan fingerprint density at radius 1 is 0.649 bits per heavy atom. The lowest BCUT2D eigenvalue weighted by atomic mass is 9.66. The fourth-order valence-corrected chi connectivity index (χ4v) is 9.87. The summed E-state index contributed by atoms with van der Waals surface area (Å²) in [6.07, 6.45) is 20.2. The predicted octanol–water partition coefficient (Wildman–Crippen LogP) is 12.2. The summed E-state index contributed by atoms with van der Waals surface area (Å²) in [5.74, 6) is 0. The molecule has 57 heavy (non-hydrogen) atoms. The summed E-state index contributed by atoms with van der Waals surface area (Å²) in [5, 5.41) is 4.92. The van der Waals surface area contributed by atoms with Gasteiger partial charge >= 0.3 is 0 Å². The van der Waals surface area contributed by atoms with Gasteiger partial charge in [0.1, 0.15) is 0 Å². The zero-order valence-electron chi connectivity index (χ0n) is 31.6. The minimum atomic E-state index is -0.484. The van der Waals surface area contributed by atoms with Crippen molar-refractivity contribution in [3.63, 3.8) is 0 Å². The van der Waals surface area contributed by atoms with Crippen molar-refractivity contribution in [1.82, 2.24) is 19.1 Å². The number of hydrogen-bond donors (Lipinski definition) is 1. The van der Waals surface area contributed by atoms with Crippen molar-refractivity contribution in [2.75, 3.05) is 0 Å². The molecule has 5 aromatic carbocycles. The Kier molecular flexibility index (Phi) is 7.51. The third kappa shape index (κ3) is 4.82. The molecule has 1 atom stereocenters. The van der Waals surface area contributed by atoms with Crippen LogP contribution in [0.2, 0.25) is 0 Å². The molecule has 0 saturated heterocycles. The van der Waals surface area contributed by atoms with Gasteiger partial charge < -0.3 is 14.9 Å². The second-order valence-corrected chi connectivity index (χ2v) is 15.2. The van der Waals surface area contributed by atoms with Crippen LogP contribution in [0.15, 0.2) is 194 Å². The van der Waals surface area contributed by atoms with Crippen LogP contribution in [0.1, 0.15) is 36.5 Å². The van der Waals surface area contributed by atoms with Crippen molar-refractivity contribution in [1.29, 1.82) is 0 Å². The van der Waals surface area contributed by atoms with Crippen molar-refractivity contribution >= 4 is 49.2 Å². The second-order valence-electron chi connectivity index (χ2n) is 15.2. The molecule has 272 valence electrons. The molecule has 1 unspecified atom stereocenters. The molecule has 0 bridgehead atoms. The van der Waals surface area contributed by atoms with Gasteiger partial charge in [-0.15, -0.1) is 0 Å². The van der Waals surface area contributed by atoms with Crippen molar-refractivity contribution in [3.8, 4) is 22.5 Å². The van der Waals surface area contributed by atoms with Gasteiger partial charge in [0.25, 0.3) is 0 Å². The number of nitrogens with two attached hydrogens (primary N) is 1. The Morgan fingerprint density at radius 2 is 1.30 bits per heavy atom. The number of pyridine rings is 2. The van der Waals surface area contributed by atoms with E-state index in [0.29, 0.717) is 0 Å². The minimum Gasteiger partial charge on any atom is -0.405 e. The van der Waals surface area contributed by atoms with Crippen LogP contribution < -0.4 is 5.73 Å². The van der Waals surface area contributed by atoms with E-state index in [-0.39, 0.29) is 0 Å². The quantitative estimate of drug-likeness (QED) is 0.173. The first-order chi connectivity index (χ1) is 28.2. The lowest BCUT2D eigenvalue weighted by Crippen LogP contribution is -2.29. The molecule has 0 spiro atoms. The molecule has 5 heteroatoms. The van der Waals surface area contributed by atoms with Crippen LogP contribution in [0.3, 0.4) is 0 Å². The van der Waals surface area contributed by atoms with E-state index in [1.165, 1.54) is 82.6 Å². The summed E-state index contributed by atoms with van der Waals surface area (Å²) in [7, 11) is 0. The van der Waals surface area contributed by atoms with Crippen LogP contribution in [0.4, 0.5) is 0 Å². The first-order valence-electron chi connectivity index (χ1n) is 19.7. The molecule has 2 N–H and O–H groups in total. The molecular formula is C52H39N5. The number of rotatable bonds is 6. The standard InChI is InChI=1S/C52H39N5/c1-34(10-8-27-53)52(37-11-9-28-54-32-37)46-15-5-2-12-40(46)44-31-50-45(30-47(44)52)42-14-4-7-17-49(42)56(50)38-22-18-35(19-23-38)36-20-24-39(25-21-36)57-48-16-6-3-13-41(48)43-26-29-55-33-51(43)57/h3-11,13-33H,2,12,53H2,1H3/b27-8-,34-10+. The first-order valence-corrected chi connectivity index (χ1v) is 19.7. The molecule has 9 aromatic rings. The third-order valence-corrected chi connectivity index (χ3v) is 12.3. The maximum atomic E-state index is 5.91. The average molecular weight is 734 g/mol. The van der Waals surface area contributed by atoms with Crippen LogP contribution in [-0.2, 0) is 5.41 Å².